The quantitative estimate of drug-likeness (QED) is 0.379. The van der Waals surface area contributed by atoms with E-state index in [-0.39, 0.29) is 66.3 Å². The number of quaternary nitrogens is 4. The van der Waals surface area contributed by atoms with Crippen LogP contribution in [-0.2, 0) is 0 Å². The van der Waals surface area contributed by atoms with Crippen molar-refractivity contribution in [1.29, 1.82) is 0 Å². The molecule has 9 heavy (non-hydrogen) atoms. The number of hydrogen-bond acceptors (Lipinski definition) is 3. The Hall–Kier alpha value is 0.417. The van der Waals surface area contributed by atoms with Gasteiger partial charge in [-0.25, -0.2) is 0 Å². The van der Waals surface area contributed by atoms with Gasteiger partial charge >= 0.3 is 41.7 Å². The molecule has 0 saturated heterocycles. The van der Waals surface area contributed by atoms with Crippen LogP contribution in [0.4, 0.5) is 0 Å². The Morgan fingerprint density at radius 1 is 0.889 bits per heavy atom. The van der Waals surface area contributed by atoms with Gasteiger partial charge in [0, 0.05) is 0 Å². The van der Waals surface area contributed by atoms with Crippen molar-refractivity contribution >= 4 is 0 Å². The van der Waals surface area contributed by atoms with E-state index < -0.39 is 5.09 Å². The van der Waals surface area contributed by atoms with Crippen molar-refractivity contribution in [3.05, 3.63) is 15.3 Å². The normalized spacial score (nSPS) is 2.67. The molecule has 9 heteroatoms. The van der Waals surface area contributed by atoms with Crippen LogP contribution in [0.25, 0.3) is 0 Å². The fourth-order valence-electron chi connectivity index (χ4n) is 0. The second kappa shape index (κ2) is 39.7. The van der Waals surface area contributed by atoms with Gasteiger partial charge in [0.05, 0.1) is 5.09 Å². The Labute approximate surface area is 86.2 Å². The van der Waals surface area contributed by atoms with Gasteiger partial charge in [-0.15, -0.1) is 0 Å². The van der Waals surface area contributed by atoms with Crippen molar-refractivity contribution in [2.24, 2.45) is 0 Å². The Kier molecular flexibility index (Phi) is 252. The summed E-state index contributed by atoms with van der Waals surface area (Å²) in [6.45, 7) is 0. The Morgan fingerprint density at radius 3 is 0.889 bits per heavy atom. The van der Waals surface area contributed by atoms with Gasteiger partial charge in [-0.2, -0.15) is 0 Å². The van der Waals surface area contributed by atoms with Gasteiger partial charge in [0.1, 0.15) is 0 Å². The molecule has 0 aliphatic heterocycles. The molecular formula is H16CeN5O3+7. The second-order valence-electron chi connectivity index (χ2n) is 0.224. The van der Waals surface area contributed by atoms with E-state index in [0.717, 1.165) is 0 Å². The van der Waals surface area contributed by atoms with Crippen LogP contribution in [0.3, 0.4) is 0 Å². The Bertz CT molecular complexity index is 35.2. The zero-order valence-corrected chi connectivity index (χ0v) is 9.31. The average molecular weight is 274 g/mol. The van der Waals surface area contributed by atoms with Crippen LogP contribution in [0.1, 0.15) is 0 Å². The van der Waals surface area contributed by atoms with Crippen LogP contribution in [0.15, 0.2) is 0 Å². The maximum absolute atomic E-state index is 8.25. The topological polar surface area (TPSA) is 212 Å². The molecule has 0 unspecified atom stereocenters. The molecule has 8 nitrogen and oxygen atoms in total. The van der Waals surface area contributed by atoms with Crippen molar-refractivity contribution in [2.45, 2.75) is 0 Å². The molecule has 0 rings (SSSR count). The molecule has 0 spiro atoms. The molecule has 0 aliphatic carbocycles. The van der Waals surface area contributed by atoms with Gasteiger partial charge in [0.2, 0.25) is 0 Å². The van der Waals surface area contributed by atoms with Gasteiger partial charge in [-0.3, -0.25) is 0 Å². The minimum absolute atomic E-state index is 0. The van der Waals surface area contributed by atoms with Gasteiger partial charge < -0.3 is 39.9 Å². The third-order valence-corrected chi connectivity index (χ3v) is 0. The van der Waals surface area contributed by atoms with Crippen molar-refractivity contribution in [2.75, 3.05) is 0 Å². The molecule has 0 aromatic heterocycles. The number of rotatable bonds is 0. The number of nitrogens with zero attached hydrogens (tertiary/aromatic N) is 1. The van der Waals surface area contributed by atoms with E-state index in [1.807, 2.05) is 0 Å². The van der Waals surface area contributed by atoms with Gasteiger partial charge in [0.15, 0.2) is 0 Å². The van der Waals surface area contributed by atoms with E-state index in [1.165, 1.54) is 0 Å². The molecule has 0 aromatic rings. The molecule has 0 atom stereocenters. The summed E-state index contributed by atoms with van der Waals surface area (Å²) in [6, 6.07) is 0. The predicted octanol–water partition coefficient (Wildman–Crippen LogP) is 1.27. The first kappa shape index (κ1) is 57.1. The first-order valence-electron chi connectivity index (χ1n) is 0.548. The fourth-order valence-corrected chi connectivity index (χ4v) is 0. The molecule has 0 fully saturated rings. The summed E-state index contributed by atoms with van der Waals surface area (Å²) in [5.74, 6) is 0. The van der Waals surface area contributed by atoms with Crippen LogP contribution in [-0.4, -0.2) is 5.09 Å². The first-order chi connectivity index (χ1) is 1.73. The van der Waals surface area contributed by atoms with Gasteiger partial charge in [-0.1, -0.05) is 0 Å². The molecule has 0 bridgehead atoms. The maximum Gasteiger partial charge on any atom is 4.00 e. The minimum atomic E-state index is -1.75. The maximum atomic E-state index is 8.25. The van der Waals surface area contributed by atoms with E-state index in [9.17, 15) is 0 Å². The van der Waals surface area contributed by atoms with Crippen LogP contribution in [0, 0.1) is 57.1 Å². The summed E-state index contributed by atoms with van der Waals surface area (Å²) < 4.78 is 0. The molecule has 0 amide bonds. The zero-order valence-electron chi connectivity index (χ0n) is 6.17. The smallest absolute Gasteiger partial charge is 0.369 e. The van der Waals surface area contributed by atoms with E-state index in [2.05, 4.69) is 0 Å². The van der Waals surface area contributed by atoms with Gasteiger partial charge in [0.25, 0.3) is 0 Å². The summed E-state index contributed by atoms with van der Waals surface area (Å²) in [5.41, 5.74) is 0. The SMILES string of the molecule is O=[N+]([O-])[O-].[Ce+4].[NH4+].[NH4+].[NH4+].[NH4+]. The van der Waals surface area contributed by atoms with E-state index in [1.54, 1.807) is 0 Å². The predicted molar refractivity (Wildman–Crippen MR) is 34.3 cm³/mol. The average Bonchev–Trinajstić information content (AvgIpc) is 0.811. The van der Waals surface area contributed by atoms with E-state index >= 15 is 0 Å². The van der Waals surface area contributed by atoms with Crippen molar-refractivity contribution in [1.82, 2.24) is 24.6 Å². The molecule has 0 saturated carbocycles. The van der Waals surface area contributed by atoms with E-state index in [0.29, 0.717) is 0 Å². The minimum Gasteiger partial charge on any atom is -0.369 e. The van der Waals surface area contributed by atoms with Crippen LogP contribution >= 0.6 is 0 Å². The zero-order chi connectivity index (χ0) is 3.58. The van der Waals surface area contributed by atoms with Crippen molar-refractivity contribution in [3.63, 3.8) is 0 Å². The Morgan fingerprint density at radius 2 is 0.889 bits per heavy atom. The summed E-state index contributed by atoms with van der Waals surface area (Å²) >= 11 is 0. The first-order valence-corrected chi connectivity index (χ1v) is 0.548. The largest absolute Gasteiger partial charge is 4.00 e. The summed E-state index contributed by atoms with van der Waals surface area (Å²) in [5, 5.41) is 14.8. The molecule has 0 radical (unpaired) electrons. The van der Waals surface area contributed by atoms with Crippen LogP contribution < -0.4 is 24.6 Å². The number of hydrogen-bond donors (Lipinski definition) is 4. The van der Waals surface area contributed by atoms with Crippen LogP contribution in [0.5, 0.6) is 0 Å². The standard InChI is InChI=1S/Ce.NO3.4H3N/c;2-1(3)4;;;;/h;;4*1H3/q+4;-1;;;;/p+4. The third kappa shape index (κ3) is 2000. The monoisotopic (exact) mass is 274 g/mol. The molecule has 0 aliphatic rings. The third-order valence-electron chi connectivity index (χ3n) is 0. The van der Waals surface area contributed by atoms with E-state index in [4.69, 9.17) is 15.3 Å². The summed E-state index contributed by atoms with van der Waals surface area (Å²) in [7, 11) is 0. The molecule has 56 valence electrons. The molecule has 0 heterocycles. The molecule has 0 aromatic carbocycles. The molecular weight excluding hydrogens is 258 g/mol. The second-order valence-corrected chi connectivity index (χ2v) is 0.224. The summed E-state index contributed by atoms with van der Waals surface area (Å²) in [4.78, 5) is 8.25. The Balaban J connectivity index is -0.00000000450. The summed E-state index contributed by atoms with van der Waals surface area (Å²) in [6.07, 6.45) is 0. The van der Waals surface area contributed by atoms with Crippen LogP contribution in [0.2, 0.25) is 0 Å². The van der Waals surface area contributed by atoms with Gasteiger partial charge in [-0.05, 0) is 0 Å². The molecule has 16 N–H and O–H groups in total. The fraction of sp³-hybridized carbons (Fsp3) is 0. The van der Waals surface area contributed by atoms with Crippen molar-refractivity contribution in [3.8, 4) is 0 Å². The van der Waals surface area contributed by atoms with Crippen molar-refractivity contribution < 1.29 is 46.8 Å².